The number of hydrogen-bond donors (Lipinski definition) is 2. The number of furan rings is 1. The Bertz CT molecular complexity index is 766. The van der Waals surface area contributed by atoms with Crippen LogP contribution in [0.4, 0.5) is 5.69 Å². The molecule has 0 radical (unpaired) electrons. The van der Waals surface area contributed by atoms with Crippen molar-refractivity contribution in [1.29, 1.82) is 0 Å². The fourth-order valence-electron chi connectivity index (χ4n) is 2.97. The van der Waals surface area contributed by atoms with Gasteiger partial charge in [-0.2, -0.15) is 0 Å². The molecule has 142 valence electrons. The highest BCUT2D eigenvalue weighted by atomic mass is 16.3. The summed E-state index contributed by atoms with van der Waals surface area (Å²) in [5.41, 5.74) is 2.06. The number of carbonyl (C=O) groups excluding carboxylic acids is 1. The molecule has 0 unspecified atom stereocenters. The van der Waals surface area contributed by atoms with E-state index >= 15 is 0 Å². The third kappa shape index (κ3) is 5.48. The van der Waals surface area contributed by atoms with Crippen molar-refractivity contribution in [2.75, 3.05) is 24.5 Å². The Labute approximate surface area is 160 Å². The maximum Gasteiger partial charge on any atom is 0.227 e. The summed E-state index contributed by atoms with van der Waals surface area (Å²) in [5.74, 6) is 1.88. The second kappa shape index (κ2) is 9.62. The molecule has 6 heteroatoms. The van der Waals surface area contributed by atoms with Crippen LogP contribution in [0.2, 0.25) is 0 Å². The average molecular weight is 366 g/mol. The molecule has 1 aliphatic rings. The Kier molecular flexibility index (Phi) is 6.68. The number of carbonyl (C=O) groups is 1. The van der Waals surface area contributed by atoms with Crippen molar-refractivity contribution in [3.8, 4) is 0 Å². The van der Waals surface area contributed by atoms with Crippen LogP contribution in [0.3, 0.4) is 0 Å². The SMILES string of the molecule is C=CCNC(=NCc1ccc(N2CCCC2=O)cc1)NCCc1ccco1. The van der Waals surface area contributed by atoms with Crippen LogP contribution in [0.25, 0.3) is 0 Å². The summed E-state index contributed by atoms with van der Waals surface area (Å²) < 4.78 is 5.34. The first-order valence-corrected chi connectivity index (χ1v) is 9.31. The van der Waals surface area contributed by atoms with E-state index < -0.39 is 0 Å². The standard InChI is InChI=1S/C21H26N4O2/c1-2-12-22-21(23-13-11-19-5-4-15-27-19)24-16-17-7-9-18(10-8-17)25-14-3-6-20(25)26/h2,4-5,7-10,15H,1,3,6,11-14,16H2,(H2,22,23,24). The summed E-state index contributed by atoms with van der Waals surface area (Å²) in [6.45, 7) is 6.47. The second-order valence-electron chi connectivity index (χ2n) is 6.41. The molecule has 1 fully saturated rings. The summed E-state index contributed by atoms with van der Waals surface area (Å²) in [7, 11) is 0. The van der Waals surface area contributed by atoms with Gasteiger partial charge in [0.15, 0.2) is 5.96 Å². The van der Waals surface area contributed by atoms with E-state index in [4.69, 9.17) is 4.42 Å². The lowest BCUT2D eigenvalue weighted by Crippen LogP contribution is -2.38. The van der Waals surface area contributed by atoms with E-state index in [2.05, 4.69) is 22.2 Å². The van der Waals surface area contributed by atoms with E-state index in [0.717, 1.165) is 48.9 Å². The monoisotopic (exact) mass is 366 g/mol. The molecule has 0 aliphatic carbocycles. The lowest BCUT2D eigenvalue weighted by Gasteiger charge is -2.16. The molecule has 27 heavy (non-hydrogen) atoms. The quantitative estimate of drug-likeness (QED) is 0.428. The van der Waals surface area contributed by atoms with Crippen LogP contribution in [-0.4, -0.2) is 31.5 Å². The Hall–Kier alpha value is -3.02. The summed E-state index contributed by atoms with van der Waals surface area (Å²) in [4.78, 5) is 18.3. The molecule has 0 spiro atoms. The molecule has 1 saturated heterocycles. The molecule has 1 aromatic heterocycles. The van der Waals surface area contributed by atoms with Crippen molar-refractivity contribution in [3.63, 3.8) is 0 Å². The molecule has 1 aliphatic heterocycles. The van der Waals surface area contributed by atoms with Gasteiger partial charge >= 0.3 is 0 Å². The molecular weight excluding hydrogens is 340 g/mol. The van der Waals surface area contributed by atoms with Gasteiger partial charge in [0, 0.05) is 38.2 Å². The minimum Gasteiger partial charge on any atom is -0.469 e. The zero-order valence-electron chi connectivity index (χ0n) is 15.5. The zero-order valence-corrected chi connectivity index (χ0v) is 15.5. The fraction of sp³-hybridized carbons (Fsp3) is 0.333. The van der Waals surface area contributed by atoms with Gasteiger partial charge in [-0.25, -0.2) is 4.99 Å². The number of nitrogens with zero attached hydrogens (tertiary/aromatic N) is 2. The maximum absolute atomic E-state index is 11.8. The number of amides is 1. The Morgan fingerprint density at radius 2 is 2.11 bits per heavy atom. The highest BCUT2D eigenvalue weighted by molar-refractivity contribution is 5.95. The number of aliphatic imine (C=N–C) groups is 1. The lowest BCUT2D eigenvalue weighted by atomic mass is 10.2. The minimum absolute atomic E-state index is 0.206. The topological polar surface area (TPSA) is 69.9 Å². The smallest absolute Gasteiger partial charge is 0.227 e. The van der Waals surface area contributed by atoms with Crippen LogP contribution in [0.1, 0.15) is 24.2 Å². The zero-order chi connectivity index (χ0) is 18.9. The van der Waals surface area contributed by atoms with Gasteiger partial charge in [0.1, 0.15) is 5.76 Å². The van der Waals surface area contributed by atoms with E-state index in [-0.39, 0.29) is 5.91 Å². The summed E-state index contributed by atoms with van der Waals surface area (Å²) in [6, 6.07) is 11.9. The molecule has 0 bridgehead atoms. The normalized spacial score (nSPS) is 14.4. The number of nitrogens with one attached hydrogen (secondary N) is 2. The first-order chi connectivity index (χ1) is 13.3. The summed E-state index contributed by atoms with van der Waals surface area (Å²) >= 11 is 0. The maximum atomic E-state index is 11.8. The van der Waals surface area contributed by atoms with E-state index in [1.54, 1.807) is 12.3 Å². The number of rotatable bonds is 8. The van der Waals surface area contributed by atoms with Gasteiger partial charge in [-0.05, 0) is 36.2 Å². The van der Waals surface area contributed by atoms with Crippen LogP contribution in [0.5, 0.6) is 0 Å². The fourth-order valence-corrected chi connectivity index (χ4v) is 2.97. The molecule has 2 aromatic rings. The van der Waals surface area contributed by atoms with Crippen LogP contribution < -0.4 is 15.5 Å². The highest BCUT2D eigenvalue weighted by Gasteiger charge is 2.21. The van der Waals surface area contributed by atoms with Crippen molar-refractivity contribution in [3.05, 3.63) is 66.6 Å². The van der Waals surface area contributed by atoms with Crippen LogP contribution in [0.15, 0.2) is 64.7 Å². The van der Waals surface area contributed by atoms with Crippen molar-refractivity contribution >= 4 is 17.6 Å². The van der Waals surface area contributed by atoms with Gasteiger partial charge in [0.05, 0.1) is 12.8 Å². The van der Waals surface area contributed by atoms with Crippen LogP contribution in [0, 0.1) is 0 Å². The van der Waals surface area contributed by atoms with Crippen molar-refractivity contribution < 1.29 is 9.21 Å². The Balaban J connectivity index is 1.55. The molecule has 6 nitrogen and oxygen atoms in total. The molecule has 3 rings (SSSR count). The molecule has 2 heterocycles. The number of hydrogen-bond acceptors (Lipinski definition) is 3. The van der Waals surface area contributed by atoms with E-state index in [0.29, 0.717) is 19.5 Å². The Morgan fingerprint density at radius 1 is 1.26 bits per heavy atom. The molecular formula is C21H26N4O2. The van der Waals surface area contributed by atoms with Gasteiger partial charge in [-0.1, -0.05) is 18.2 Å². The second-order valence-corrected chi connectivity index (χ2v) is 6.41. The number of guanidine groups is 1. The van der Waals surface area contributed by atoms with Crippen LogP contribution in [-0.2, 0) is 17.8 Å². The number of anilines is 1. The third-order valence-electron chi connectivity index (χ3n) is 4.40. The molecule has 2 N–H and O–H groups in total. The molecule has 1 aromatic carbocycles. The lowest BCUT2D eigenvalue weighted by molar-refractivity contribution is -0.117. The highest BCUT2D eigenvalue weighted by Crippen LogP contribution is 2.21. The van der Waals surface area contributed by atoms with Crippen molar-refractivity contribution in [2.24, 2.45) is 4.99 Å². The van der Waals surface area contributed by atoms with Gasteiger partial charge in [0.2, 0.25) is 5.91 Å². The van der Waals surface area contributed by atoms with Gasteiger partial charge < -0.3 is 20.0 Å². The van der Waals surface area contributed by atoms with Crippen molar-refractivity contribution in [2.45, 2.75) is 25.8 Å². The predicted octanol–water partition coefficient (Wildman–Crippen LogP) is 2.87. The molecule has 0 atom stereocenters. The largest absolute Gasteiger partial charge is 0.469 e. The summed E-state index contributed by atoms with van der Waals surface area (Å²) in [6.07, 6.45) is 5.85. The first kappa shape index (κ1) is 18.8. The predicted molar refractivity (Wildman–Crippen MR) is 108 cm³/mol. The first-order valence-electron chi connectivity index (χ1n) is 9.31. The van der Waals surface area contributed by atoms with Gasteiger partial charge in [-0.3, -0.25) is 4.79 Å². The van der Waals surface area contributed by atoms with E-state index in [1.807, 2.05) is 41.3 Å². The van der Waals surface area contributed by atoms with Gasteiger partial charge in [0.25, 0.3) is 0 Å². The van der Waals surface area contributed by atoms with Crippen LogP contribution >= 0.6 is 0 Å². The van der Waals surface area contributed by atoms with Gasteiger partial charge in [-0.15, -0.1) is 6.58 Å². The molecule has 1 amide bonds. The number of benzene rings is 1. The molecule has 0 saturated carbocycles. The minimum atomic E-state index is 0.206. The average Bonchev–Trinajstić information content (AvgIpc) is 3.35. The summed E-state index contributed by atoms with van der Waals surface area (Å²) in [5, 5.41) is 6.52. The van der Waals surface area contributed by atoms with Crippen molar-refractivity contribution in [1.82, 2.24) is 10.6 Å². The van der Waals surface area contributed by atoms with E-state index in [1.165, 1.54) is 0 Å². The Morgan fingerprint density at radius 3 is 2.78 bits per heavy atom. The third-order valence-corrected chi connectivity index (χ3v) is 4.40. The van der Waals surface area contributed by atoms with E-state index in [9.17, 15) is 4.79 Å².